The molecule has 2 aromatic carbocycles. The molecule has 0 spiro atoms. The van der Waals surface area contributed by atoms with Gasteiger partial charge in [-0.25, -0.2) is 9.97 Å². The number of nitrogens with zero attached hydrogens (tertiary/aromatic N) is 4. The summed E-state index contributed by atoms with van der Waals surface area (Å²) in [5.41, 5.74) is 7.21. The van der Waals surface area contributed by atoms with Crippen LogP contribution in [0.3, 0.4) is 0 Å². The Kier molecular flexibility index (Phi) is 4.04. The summed E-state index contributed by atoms with van der Waals surface area (Å²) >= 11 is 0. The summed E-state index contributed by atoms with van der Waals surface area (Å²) in [7, 11) is 0. The van der Waals surface area contributed by atoms with E-state index in [-0.39, 0.29) is 23.0 Å². The van der Waals surface area contributed by atoms with Crippen LogP contribution in [0, 0.1) is 20.2 Å². The number of rotatable bonds is 4. The highest BCUT2D eigenvalue weighted by molar-refractivity contribution is 5.76. The Morgan fingerprint density at radius 3 is 2.00 bits per heavy atom. The first kappa shape index (κ1) is 16.0. The second-order valence-corrected chi connectivity index (χ2v) is 5.11. The fraction of sp³-hybridized carbons (Fsp3) is 0. The molecule has 0 aliphatic rings. The van der Waals surface area contributed by atoms with Gasteiger partial charge in [-0.15, -0.1) is 0 Å². The second-order valence-electron chi connectivity index (χ2n) is 5.11. The molecule has 25 heavy (non-hydrogen) atoms. The maximum absolute atomic E-state index is 10.9. The smallest absolute Gasteiger partial charge is 0.270 e. The van der Waals surface area contributed by atoms with Gasteiger partial charge >= 0.3 is 0 Å². The van der Waals surface area contributed by atoms with Gasteiger partial charge in [0.05, 0.1) is 9.85 Å². The first-order chi connectivity index (χ1) is 12.0. The van der Waals surface area contributed by atoms with Gasteiger partial charge in [0.2, 0.25) is 0 Å². The van der Waals surface area contributed by atoms with Gasteiger partial charge < -0.3 is 5.73 Å². The summed E-state index contributed by atoms with van der Waals surface area (Å²) in [6.07, 6.45) is 1.44. The number of benzene rings is 2. The summed E-state index contributed by atoms with van der Waals surface area (Å²) in [5.74, 6) is 0.354. The molecule has 0 saturated heterocycles. The molecule has 0 atom stereocenters. The Balaban J connectivity index is 2.02. The summed E-state index contributed by atoms with van der Waals surface area (Å²) < 4.78 is 0. The zero-order valence-corrected chi connectivity index (χ0v) is 12.7. The highest BCUT2D eigenvalue weighted by atomic mass is 16.6. The molecule has 0 saturated carbocycles. The van der Waals surface area contributed by atoms with Crippen molar-refractivity contribution >= 4 is 17.2 Å². The molecule has 9 nitrogen and oxygen atoms in total. The zero-order valence-electron chi connectivity index (χ0n) is 12.7. The molecule has 0 bridgehead atoms. The van der Waals surface area contributed by atoms with E-state index in [1.807, 2.05) is 0 Å². The lowest BCUT2D eigenvalue weighted by Crippen LogP contribution is -1.99. The molecule has 0 amide bonds. The van der Waals surface area contributed by atoms with E-state index in [0.29, 0.717) is 16.7 Å². The summed E-state index contributed by atoms with van der Waals surface area (Å²) in [6.45, 7) is 0. The van der Waals surface area contributed by atoms with E-state index in [0.717, 1.165) is 0 Å². The van der Waals surface area contributed by atoms with Gasteiger partial charge in [0.15, 0.2) is 5.82 Å². The summed E-state index contributed by atoms with van der Waals surface area (Å²) in [5, 5.41) is 21.7. The van der Waals surface area contributed by atoms with Crippen molar-refractivity contribution in [1.29, 1.82) is 0 Å². The van der Waals surface area contributed by atoms with Gasteiger partial charge in [0.1, 0.15) is 5.82 Å². The van der Waals surface area contributed by atoms with Crippen LogP contribution in [0.2, 0.25) is 0 Å². The molecule has 9 heteroatoms. The molecule has 1 heterocycles. The minimum absolute atomic E-state index is 0.0698. The van der Waals surface area contributed by atoms with Crippen LogP contribution in [0.15, 0.2) is 54.7 Å². The lowest BCUT2D eigenvalue weighted by atomic mass is 10.1. The molecule has 0 fully saturated rings. The number of nitrogen functional groups attached to an aromatic ring is 1. The normalized spacial score (nSPS) is 10.4. The average molecular weight is 337 g/mol. The maximum atomic E-state index is 10.9. The van der Waals surface area contributed by atoms with Crippen molar-refractivity contribution in [3.8, 4) is 22.5 Å². The number of anilines is 1. The van der Waals surface area contributed by atoms with Gasteiger partial charge in [-0.1, -0.05) is 24.3 Å². The number of nitrogens with two attached hydrogens (primary N) is 1. The minimum Gasteiger partial charge on any atom is -0.383 e. The Morgan fingerprint density at radius 2 is 1.44 bits per heavy atom. The van der Waals surface area contributed by atoms with Crippen molar-refractivity contribution in [3.63, 3.8) is 0 Å². The molecule has 0 unspecified atom stereocenters. The second kappa shape index (κ2) is 6.32. The fourth-order valence-electron chi connectivity index (χ4n) is 2.30. The van der Waals surface area contributed by atoms with Crippen LogP contribution in [-0.4, -0.2) is 19.8 Å². The third kappa shape index (κ3) is 3.24. The van der Waals surface area contributed by atoms with E-state index in [9.17, 15) is 20.2 Å². The predicted octanol–water partition coefficient (Wildman–Crippen LogP) is 3.21. The SMILES string of the molecule is Nc1nc(-c2cccc([N+](=O)[O-])c2)ncc1-c1cccc([N+](=O)[O-])c1. The maximum Gasteiger partial charge on any atom is 0.270 e. The molecule has 0 radical (unpaired) electrons. The van der Waals surface area contributed by atoms with Crippen molar-refractivity contribution in [2.45, 2.75) is 0 Å². The number of hydrogen-bond acceptors (Lipinski definition) is 7. The van der Waals surface area contributed by atoms with Gasteiger partial charge in [-0.3, -0.25) is 20.2 Å². The van der Waals surface area contributed by atoms with Crippen molar-refractivity contribution in [2.75, 3.05) is 5.73 Å². The Hall–Kier alpha value is -3.88. The number of nitro groups is 2. The average Bonchev–Trinajstić information content (AvgIpc) is 2.61. The lowest BCUT2D eigenvalue weighted by Gasteiger charge is -2.07. The molecular formula is C16H11N5O4. The number of hydrogen-bond donors (Lipinski definition) is 1. The van der Waals surface area contributed by atoms with E-state index in [2.05, 4.69) is 9.97 Å². The highest BCUT2D eigenvalue weighted by Gasteiger charge is 2.13. The van der Waals surface area contributed by atoms with Gasteiger partial charge in [-0.05, 0) is 5.56 Å². The van der Waals surface area contributed by atoms with Crippen LogP contribution >= 0.6 is 0 Å². The number of non-ortho nitro benzene ring substituents is 2. The van der Waals surface area contributed by atoms with E-state index >= 15 is 0 Å². The Labute approximate surface area is 141 Å². The third-order valence-corrected chi connectivity index (χ3v) is 3.50. The Bertz CT molecular complexity index is 990. The summed E-state index contributed by atoms with van der Waals surface area (Å²) in [4.78, 5) is 29.1. The molecular weight excluding hydrogens is 326 g/mol. The molecule has 0 aliphatic carbocycles. The van der Waals surface area contributed by atoms with Crippen molar-refractivity contribution in [1.82, 2.24) is 9.97 Å². The molecule has 3 rings (SSSR count). The minimum atomic E-state index is -0.510. The lowest BCUT2D eigenvalue weighted by molar-refractivity contribution is -0.385. The van der Waals surface area contributed by atoms with Crippen molar-refractivity contribution < 1.29 is 9.85 Å². The van der Waals surface area contributed by atoms with Crippen LogP contribution in [-0.2, 0) is 0 Å². The highest BCUT2D eigenvalue weighted by Crippen LogP contribution is 2.29. The van der Waals surface area contributed by atoms with E-state index in [4.69, 9.17) is 5.73 Å². The van der Waals surface area contributed by atoms with E-state index in [1.165, 1.54) is 36.5 Å². The number of nitro benzene ring substituents is 2. The largest absolute Gasteiger partial charge is 0.383 e. The molecule has 0 aliphatic heterocycles. The third-order valence-electron chi connectivity index (χ3n) is 3.50. The standard InChI is InChI=1S/C16H11N5O4/c17-15-14(10-3-1-5-12(7-10)20(22)23)9-18-16(19-15)11-4-2-6-13(8-11)21(24)25/h1-9H,(H2,17,18,19). The quantitative estimate of drug-likeness (QED) is 0.569. The number of aromatic nitrogens is 2. The fourth-order valence-corrected chi connectivity index (χ4v) is 2.30. The van der Waals surface area contributed by atoms with Crippen LogP contribution < -0.4 is 5.73 Å². The van der Waals surface area contributed by atoms with E-state index < -0.39 is 9.85 Å². The molecule has 3 aromatic rings. The van der Waals surface area contributed by atoms with Gasteiger partial charge in [-0.2, -0.15) is 0 Å². The zero-order chi connectivity index (χ0) is 18.0. The Morgan fingerprint density at radius 1 is 0.880 bits per heavy atom. The van der Waals surface area contributed by atoms with Gasteiger partial charge in [0, 0.05) is 41.6 Å². The van der Waals surface area contributed by atoms with E-state index in [1.54, 1.807) is 18.2 Å². The van der Waals surface area contributed by atoms with Crippen LogP contribution in [0.5, 0.6) is 0 Å². The first-order valence-corrected chi connectivity index (χ1v) is 7.08. The van der Waals surface area contributed by atoms with Crippen LogP contribution in [0.1, 0.15) is 0 Å². The monoisotopic (exact) mass is 337 g/mol. The van der Waals surface area contributed by atoms with Crippen LogP contribution in [0.25, 0.3) is 22.5 Å². The summed E-state index contributed by atoms with van der Waals surface area (Å²) in [6, 6.07) is 11.8. The van der Waals surface area contributed by atoms with Gasteiger partial charge in [0.25, 0.3) is 11.4 Å². The molecule has 1 aromatic heterocycles. The van der Waals surface area contributed by atoms with Crippen molar-refractivity contribution in [2.24, 2.45) is 0 Å². The first-order valence-electron chi connectivity index (χ1n) is 7.08. The predicted molar refractivity (Wildman–Crippen MR) is 90.6 cm³/mol. The van der Waals surface area contributed by atoms with Crippen LogP contribution in [0.4, 0.5) is 17.2 Å². The topological polar surface area (TPSA) is 138 Å². The molecule has 2 N–H and O–H groups in total. The molecule has 124 valence electrons. The van der Waals surface area contributed by atoms with Crippen molar-refractivity contribution in [3.05, 3.63) is 75.0 Å².